The van der Waals surface area contributed by atoms with Crippen molar-refractivity contribution in [2.45, 2.75) is 59.4 Å². The predicted octanol–water partition coefficient (Wildman–Crippen LogP) is 3.92. The van der Waals surface area contributed by atoms with Crippen LogP contribution in [0.1, 0.15) is 39.2 Å². The summed E-state index contributed by atoms with van der Waals surface area (Å²) in [4.78, 5) is 12.2. The molecule has 1 unspecified atom stereocenters. The van der Waals surface area contributed by atoms with Crippen LogP contribution < -0.4 is 0 Å². The molecule has 1 aromatic rings. The minimum atomic E-state index is -1.27. The van der Waals surface area contributed by atoms with Gasteiger partial charge in [-0.25, -0.2) is 4.79 Å². The summed E-state index contributed by atoms with van der Waals surface area (Å²) < 4.78 is 11.3. The highest BCUT2D eigenvalue weighted by atomic mass is 28.3. The molecule has 0 N–H and O–H groups in total. The van der Waals surface area contributed by atoms with Gasteiger partial charge < -0.3 is 9.16 Å². The standard InChI is InChI=1S/C17H28O3Si/c1-17(2,3)12-11-15(20-21(4)5)16(18)19-13-14-9-7-6-8-10-14/h6-10,15,21H,11-13H2,1-5H3. The molecule has 21 heavy (non-hydrogen) atoms. The maximum atomic E-state index is 12.2. The molecule has 0 saturated carbocycles. The fourth-order valence-corrected chi connectivity index (χ4v) is 2.86. The van der Waals surface area contributed by atoms with Gasteiger partial charge in [0.05, 0.1) is 0 Å². The predicted molar refractivity (Wildman–Crippen MR) is 88.7 cm³/mol. The Morgan fingerprint density at radius 2 is 1.81 bits per heavy atom. The highest BCUT2D eigenvalue weighted by Gasteiger charge is 2.24. The van der Waals surface area contributed by atoms with Gasteiger partial charge in [0.15, 0.2) is 9.04 Å². The molecule has 0 aromatic heterocycles. The van der Waals surface area contributed by atoms with E-state index in [1.807, 2.05) is 30.3 Å². The van der Waals surface area contributed by atoms with E-state index in [0.717, 1.165) is 18.4 Å². The Morgan fingerprint density at radius 1 is 1.19 bits per heavy atom. The zero-order chi connectivity index (χ0) is 15.9. The molecule has 0 spiro atoms. The Labute approximate surface area is 130 Å². The lowest BCUT2D eigenvalue weighted by Gasteiger charge is -2.24. The van der Waals surface area contributed by atoms with Gasteiger partial charge in [-0.3, -0.25) is 0 Å². The first-order valence-corrected chi connectivity index (χ1v) is 10.4. The van der Waals surface area contributed by atoms with Crippen LogP contribution in [0.4, 0.5) is 0 Å². The molecule has 0 amide bonds. The summed E-state index contributed by atoms with van der Waals surface area (Å²) in [5.74, 6) is -0.232. The number of carbonyl (C=O) groups is 1. The summed E-state index contributed by atoms with van der Waals surface area (Å²) in [6.45, 7) is 11.0. The minimum Gasteiger partial charge on any atom is -0.459 e. The molecule has 3 nitrogen and oxygen atoms in total. The van der Waals surface area contributed by atoms with Crippen LogP contribution >= 0.6 is 0 Å². The van der Waals surface area contributed by atoms with Crippen molar-refractivity contribution in [2.24, 2.45) is 5.41 Å². The SMILES string of the molecule is C[SiH](C)OC(CCC(C)(C)C)C(=O)OCc1ccccc1. The zero-order valence-corrected chi connectivity index (χ0v) is 15.0. The second-order valence-electron chi connectivity index (χ2n) is 6.87. The van der Waals surface area contributed by atoms with Crippen LogP contribution in [0.5, 0.6) is 0 Å². The molecule has 0 aliphatic carbocycles. The van der Waals surface area contributed by atoms with Crippen LogP contribution in [-0.2, 0) is 20.6 Å². The van der Waals surface area contributed by atoms with Gasteiger partial charge in [0.1, 0.15) is 12.7 Å². The van der Waals surface area contributed by atoms with Gasteiger partial charge in [-0.2, -0.15) is 0 Å². The summed E-state index contributed by atoms with van der Waals surface area (Å²) >= 11 is 0. The van der Waals surface area contributed by atoms with Gasteiger partial charge in [0, 0.05) is 0 Å². The molecule has 0 bridgehead atoms. The maximum Gasteiger partial charge on any atom is 0.334 e. The number of ether oxygens (including phenoxy) is 1. The van der Waals surface area contributed by atoms with Crippen molar-refractivity contribution in [3.8, 4) is 0 Å². The molecule has 118 valence electrons. The summed E-state index contributed by atoms with van der Waals surface area (Å²) in [5, 5.41) is 0. The zero-order valence-electron chi connectivity index (χ0n) is 13.9. The first kappa shape index (κ1) is 17.9. The largest absolute Gasteiger partial charge is 0.459 e. The van der Waals surface area contributed by atoms with Gasteiger partial charge in [-0.15, -0.1) is 0 Å². The first-order chi connectivity index (χ1) is 9.78. The lowest BCUT2D eigenvalue weighted by atomic mass is 9.89. The van der Waals surface area contributed by atoms with Crippen LogP contribution in [0, 0.1) is 5.41 Å². The van der Waals surface area contributed by atoms with Gasteiger partial charge in [-0.05, 0) is 36.9 Å². The van der Waals surface area contributed by atoms with Crippen LogP contribution in [0.25, 0.3) is 0 Å². The normalized spacial score (nSPS) is 13.2. The van der Waals surface area contributed by atoms with Gasteiger partial charge >= 0.3 is 5.97 Å². The summed E-state index contributed by atoms with van der Waals surface area (Å²) in [5.41, 5.74) is 1.20. The second-order valence-corrected chi connectivity index (χ2v) is 9.24. The lowest BCUT2D eigenvalue weighted by Crippen LogP contribution is -2.31. The molecule has 1 atom stereocenters. The Bertz CT molecular complexity index is 423. The van der Waals surface area contributed by atoms with Crippen molar-refractivity contribution >= 4 is 15.0 Å². The van der Waals surface area contributed by atoms with Crippen LogP contribution in [0.3, 0.4) is 0 Å². The third-order valence-corrected chi connectivity index (χ3v) is 3.95. The highest BCUT2D eigenvalue weighted by Crippen LogP contribution is 2.23. The van der Waals surface area contributed by atoms with Gasteiger partial charge in [-0.1, -0.05) is 51.1 Å². The summed E-state index contributed by atoms with van der Waals surface area (Å²) in [7, 11) is -1.27. The van der Waals surface area contributed by atoms with E-state index in [0.29, 0.717) is 6.61 Å². The second kappa shape index (κ2) is 8.34. The molecule has 0 saturated heterocycles. The summed E-state index contributed by atoms with van der Waals surface area (Å²) in [6, 6.07) is 9.74. The third-order valence-electron chi connectivity index (χ3n) is 3.08. The van der Waals surface area contributed by atoms with Crippen LogP contribution in [-0.4, -0.2) is 21.1 Å². The molecule has 0 fully saturated rings. The molecular formula is C17H28O3Si. The van der Waals surface area contributed by atoms with E-state index in [1.54, 1.807) is 0 Å². The van der Waals surface area contributed by atoms with E-state index in [1.165, 1.54) is 0 Å². The van der Waals surface area contributed by atoms with E-state index < -0.39 is 15.1 Å². The van der Waals surface area contributed by atoms with Crippen molar-refractivity contribution in [2.75, 3.05) is 0 Å². The van der Waals surface area contributed by atoms with E-state index in [-0.39, 0.29) is 11.4 Å². The number of hydrogen-bond acceptors (Lipinski definition) is 3. The van der Waals surface area contributed by atoms with Crippen LogP contribution in [0.15, 0.2) is 30.3 Å². The summed E-state index contributed by atoms with van der Waals surface area (Å²) in [6.07, 6.45) is 1.25. The Hall–Kier alpha value is -1.13. The molecule has 0 heterocycles. The third kappa shape index (κ3) is 8.02. The molecule has 1 aromatic carbocycles. The monoisotopic (exact) mass is 308 g/mol. The molecule has 0 aliphatic rings. The van der Waals surface area contributed by atoms with E-state index >= 15 is 0 Å². The molecular weight excluding hydrogens is 280 g/mol. The highest BCUT2D eigenvalue weighted by molar-refractivity contribution is 6.48. The first-order valence-electron chi connectivity index (χ1n) is 7.64. The number of carbonyl (C=O) groups excluding carboxylic acids is 1. The number of esters is 1. The minimum absolute atomic E-state index is 0.194. The van der Waals surface area contributed by atoms with Crippen molar-refractivity contribution in [3.05, 3.63) is 35.9 Å². The lowest BCUT2D eigenvalue weighted by molar-refractivity contribution is -0.154. The Kier molecular flexibility index (Phi) is 7.12. The van der Waals surface area contributed by atoms with Gasteiger partial charge in [0.25, 0.3) is 0 Å². The van der Waals surface area contributed by atoms with Crippen molar-refractivity contribution in [1.82, 2.24) is 0 Å². The van der Waals surface area contributed by atoms with Gasteiger partial charge in [0.2, 0.25) is 0 Å². The maximum absolute atomic E-state index is 12.2. The van der Waals surface area contributed by atoms with Crippen molar-refractivity contribution in [1.29, 1.82) is 0 Å². The van der Waals surface area contributed by atoms with E-state index in [2.05, 4.69) is 33.9 Å². The molecule has 1 rings (SSSR count). The fraction of sp³-hybridized carbons (Fsp3) is 0.588. The smallest absolute Gasteiger partial charge is 0.334 e. The van der Waals surface area contributed by atoms with Crippen molar-refractivity contribution in [3.63, 3.8) is 0 Å². The number of hydrogen-bond donors (Lipinski definition) is 0. The molecule has 0 aliphatic heterocycles. The molecule has 0 radical (unpaired) electrons. The topological polar surface area (TPSA) is 35.5 Å². The Balaban J connectivity index is 2.54. The number of benzene rings is 1. The average Bonchev–Trinajstić information content (AvgIpc) is 2.40. The Morgan fingerprint density at radius 3 is 2.33 bits per heavy atom. The average molecular weight is 308 g/mol. The van der Waals surface area contributed by atoms with E-state index in [4.69, 9.17) is 9.16 Å². The molecule has 4 heteroatoms. The van der Waals surface area contributed by atoms with Crippen LogP contribution in [0.2, 0.25) is 13.1 Å². The van der Waals surface area contributed by atoms with E-state index in [9.17, 15) is 4.79 Å². The quantitative estimate of drug-likeness (QED) is 0.565. The van der Waals surface area contributed by atoms with Crippen molar-refractivity contribution < 1.29 is 14.0 Å². The fourth-order valence-electron chi connectivity index (χ4n) is 1.96. The number of rotatable bonds is 7.